The van der Waals surface area contributed by atoms with Crippen molar-refractivity contribution in [1.29, 1.82) is 0 Å². The predicted molar refractivity (Wildman–Crippen MR) is 76.9 cm³/mol. The van der Waals surface area contributed by atoms with Crippen molar-refractivity contribution in [2.45, 2.75) is 26.3 Å². The average molecular weight is 270 g/mol. The molecule has 1 rings (SSSR count). The number of amides is 1. The zero-order chi connectivity index (χ0) is 13.7. The average Bonchev–Trinajstić information content (AvgIpc) is 2.32. The highest BCUT2D eigenvalue weighted by Gasteiger charge is 2.12. The van der Waals surface area contributed by atoms with Crippen molar-refractivity contribution in [2.75, 3.05) is 24.6 Å². The van der Waals surface area contributed by atoms with Crippen LogP contribution in [0.2, 0.25) is 5.02 Å². The quantitative estimate of drug-likeness (QED) is 0.808. The fourth-order valence-electron chi connectivity index (χ4n) is 1.52. The molecule has 0 aromatic heterocycles. The monoisotopic (exact) mass is 269 g/mol. The number of benzene rings is 1. The zero-order valence-corrected chi connectivity index (χ0v) is 11.8. The van der Waals surface area contributed by atoms with E-state index in [0.29, 0.717) is 29.0 Å². The van der Waals surface area contributed by atoms with Gasteiger partial charge in [0.05, 0.1) is 17.9 Å². The third kappa shape index (κ3) is 4.20. The highest BCUT2D eigenvalue weighted by Crippen LogP contribution is 2.22. The summed E-state index contributed by atoms with van der Waals surface area (Å²) in [7, 11) is 1.93. The third-order valence-electron chi connectivity index (χ3n) is 3.03. The summed E-state index contributed by atoms with van der Waals surface area (Å²) < 4.78 is 0. The summed E-state index contributed by atoms with van der Waals surface area (Å²) in [6, 6.07) is 5.39. The van der Waals surface area contributed by atoms with Crippen LogP contribution in [0.3, 0.4) is 0 Å². The van der Waals surface area contributed by atoms with Crippen LogP contribution >= 0.6 is 11.6 Å². The van der Waals surface area contributed by atoms with E-state index in [0.717, 1.165) is 6.42 Å². The number of nitrogens with zero attached hydrogens (tertiary/aromatic N) is 1. The Kier molecular flexibility index (Phi) is 5.44. The summed E-state index contributed by atoms with van der Waals surface area (Å²) in [6.45, 7) is 4.51. The fraction of sp³-hybridized carbons (Fsp3) is 0.462. The largest absolute Gasteiger partial charge is 0.397 e. The molecule has 0 saturated carbocycles. The molecule has 1 unspecified atom stereocenters. The molecule has 0 fully saturated rings. The van der Waals surface area contributed by atoms with Crippen molar-refractivity contribution in [1.82, 2.24) is 4.90 Å². The molecule has 0 radical (unpaired) electrons. The molecule has 0 heterocycles. The summed E-state index contributed by atoms with van der Waals surface area (Å²) in [5.41, 5.74) is 6.84. The van der Waals surface area contributed by atoms with E-state index in [1.54, 1.807) is 18.2 Å². The maximum atomic E-state index is 11.9. The molecule has 5 heteroatoms. The molecule has 1 amide bonds. The molecular weight excluding hydrogens is 250 g/mol. The van der Waals surface area contributed by atoms with Crippen LogP contribution in [-0.2, 0) is 4.79 Å². The minimum atomic E-state index is -0.0910. The Morgan fingerprint density at radius 2 is 2.22 bits per heavy atom. The maximum absolute atomic E-state index is 11.9. The van der Waals surface area contributed by atoms with E-state index in [2.05, 4.69) is 19.2 Å². The van der Waals surface area contributed by atoms with E-state index in [1.807, 2.05) is 11.9 Å². The molecule has 0 saturated heterocycles. The highest BCUT2D eigenvalue weighted by atomic mass is 35.5. The second-order valence-electron chi connectivity index (χ2n) is 4.45. The number of hydrogen-bond acceptors (Lipinski definition) is 3. The van der Waals surface area contributed by atoms with Crippen LogP contribution in [0.4, 0.5) is 11.4 Å². The number of rotatable bonds is 5. The summed E-state index contributed by atoms with van der Waals surface area (Å²) in [4.78, 5) is 13.9. The Hall–Kier alpha value is -1.26. The van der Waals surface area contributed by atoms with Gasteiger partial charge in [0.15, 0.2) is 0 Å². The first kappa shape index (κ1) is 14.8. The van der Waals surface area contributed by atoms with Crippen LogP contribution < -0.4 is 11.1 Å². The van der Waals surface area contributed by atoms with E-state index in [9.17, 15) is 4.79 Å². The van der Waals surface area contributed by atoms with Crippen LogP contribution in [0.25, 0.3) is 0 Å². The normalized spacial score (nSPS) is 12.5. The number of nitrogens with two attached hydrogens (primary N) is 1. The minimum absolute atomic E-state index is 0.0910. The topological polar surface area (TPSA) is 58.4 Å². The first-order valence-electron chi connectivity index (χ1n) is 5.99. The second kappa shape index (κ2) is 6.61. The lowest BCUT2D eigenvalue weighted by Crippen LogP contribution is -2.36. The number of nitrogen functional groups attached to an aromatic ring is 1. The Balaban J connectivity index is 2.62. The van der Waals surface area contributed by atoms with Crippen molar-refractivity contribution in [2.24, 2.45) is 0 Å². The van der Waals surface area contributed by atoms with Gasteiger partial charge in [-0.1, -0.05) is 18.5 Å². The number of hydrogen-bond donors (Lipinski definition) is 2. The van der Waals surface area contributed by atoms with Gasteiger partial charge in [-0.15, -0.1) is 0 Å². The molecule has 3 N–H and O–H groups in total. The summed E-state index contributed by atoms with van der Waals surface area (Å²) >= 11 is 5.86. The SMILES string of the molecule is CCC(C)N(C)CC(=O)Nc1cc(Cl)ccc1N. The van der Waals surface area contributed by atoms with Crippen molar-refractivity contribution in [3.63, 3.8) is 0 Å². The van der Waals surface area contributed by atoms with E-state index in [-0.39, 0.29) is 5.91 Å². The Bertz CT molecular complexity index is 423. The van der Waals surface area contributed by atoms with Crippen molar-refractivity contribution in [3.8, 4) is 0 Å². The molecule has 1 aromatic carbocycles. The van der Waals surface area contributed by atoms with E-state index < -0.39 is 0 Å². The smallest absolute Gasteiger partial charge is 0.238 e. The van der Waals surface area contributed by atoms with E-state index >= 15 is 0 Å². The summed E-state index contributed by atoms with van der Waals surface area (Å²) in [5.74, 6) is -0.0910. The lowest BCUT2D eigenvalue weighted by atomic mass is 10.2. The summed E-state index contributed by atoms with van der Waals surface area (Å²) in [5, 5.41) is 3.32. The first-order valence-corrected chi connectivity index (χ1v) is 6.37. The Labute approximate surface area is 113 Å². The molecule has 18 heavy (non-hydrogen) atoms. The number of halogens is 1. The Morgan fingerprint density at radius 1 is 1.56 bits per heavy atom. The molecule has 0 aliphatic rings. The molecule has 0 spiro atoms. The van der Waals surface area contributed by atoms with E-state index in [4.69, 9.17) is 17.3 Å². The van der Waals surface area contributed by atoms with Gasteiger partial charge in [-0.05, 0) is 38.6 Å². The highest BCUT2D eigenvalue weighted by molar-refractivity contribution is 6.31. The van der Waals surface area contributed by atoms with Crippen molar-refractivity contribution < 1.29 is 4.79 Å². The zero-order valence-electron chi connectivity index (χ0n) is 11.0. The van der Waals surface area contributed by atoms with Crippen molar-refractivity contribution >= 4 is 28.9 Å². The molecule has 0 aliphatic heterocycles. The minimum Gasteiger partial charge on any atom is -0.397 e. The second-order valence-corrected chi connectivity index (χ2v) is 4.89. The number of carbonyl (C=O) groups is 1. The van der Waals surface area contributed by atoms with Crippen LogP contribution in [0.1, 0.15) is 20.3 Å². The molecule has 4 nitrogen and oxygen atoms in total. The van der Waals surface area contributed by atoms with Gasteiger partial charge in [0.2, 0.25) is 5.91 Å². The van der Waals surface area contributed by atoms with Gasteiger partial charge in [0, 0.05) is 11.1 Å². The standard InChI is InChI=1S/C13H20ClN3O/c1-4-9(2)17(3)8-13(18)16-12-7-10(14)5-6-11(12)15/h5-7,9H,4,8,15H2,1-3H3,(H,16,18). The van der Waals surface area contributed by atoms with Gasteiger partial charge in [-0.3, -0.25) is 9.69 Å². The molecular formula is C13H20ClN3O. The van der Waals surface area contributed by atoms with Crippen LogP contribution in [0.15, 0.2) is 18.2 Å². The van der Waals surface area contributed by atoms with Crippen LogP contribution in [-0.4, -0.2) is 30.4 Å². The third-order valence-corrected chi connectivity index (χ3v) is 3.26. The van der Waals surface area contributed by atoms with Gasteiger partial charge in [-0.25, -0.2) is 0 Å². The summed E-state index contributed by atoms with van der Waals surface area (Å²) in [6.07, 6.45) is 1.00. The maximum Gasteiger partial charge on any atom is 0.238 e. The lowest BCUT2D eigenvalue weighted by Gasteiger charge is -2.22. The predicted octanol–water partition coefficient (Wildman–Crippen LogP) is 2.59. The number of carbonyl (C=O) groups excluding carboxylic acids is 1. The number of nitrogens with one attached hydrogen (secondary N) is 1. The van der Waals surface area contributed by atoms with E-state index in [1.165, 1.54) is 0 Å². The molecule has 1 aromatic rings. The fourth-order valence-corrected chi connectivity index (χ4v) is 1.69. The molecule has 0 bridgehead atoms. The van der Waals surface area contributed by atoms with Gasteiger partial charge >= 0.3 is 0 Å². The molecule has 100 valence electrons. The van der Waals surface area contributed by atoms with Gasteiger partial charge in [0.1, 0.15) is 0 Å². The number of anilines is 2. The Morgan fingerprint density at radius 3 is 2.83 bits per heavy atom. The number of likely N-dealkylation sites (N-methyl/N-ethyl adjacent to an activating group) is 1. The molecule has 0 aliphatic carbocycles. The van der Waals surface area contributed by atoms with Gasteiger partial charge in [-0.2, -0.15) is 0 Å². The first-order chi connectivity index (χ1) is 8.43. The van der Waals surface area contributed by atoms with Crippen LogP contribution in [0.5, 0.6) is 0 Å². The van der Waals surface area contributed by atoms with Gasteiger partial charge < -0.3 is 11.1 Å². The lowest BCUT2D eigenvalue weighted by molar-refractivity contribution is -0.117. The van der Waals surface area contributed by atoms with Crippen molar-refractivity contribution in [3.05, 3.63) is 23.2 Å². The molecule has 1 atom stereocenters. The van der Waals surface area contributed by atoms with Crippen LogP contribution in [0, 0.1) is 0 Å². The van der Waals surface area contributed by atoms with Gasteiger partial charge in [0.25, 0.3) is 0 Å².